The molecule has 2 heterocycles. The van der Waals surface area contributed by atoms with Gasteiger partial charge in [-0.1, -0.05) is 54.6 Å². The van der Waals surface area contributed by atoms with Crippen LogP contribution in [0.5, 0.6) is 0 Å². The van der Waals surface area contributed by atoms with Crippen LogP contribution in [0.1, 0.15) is 17.5 Å². The predicted molar refractivity (Wildman–Crippen MR) is 106 cm³/mol. The zero-order chi connectivity index (χ0) is 20.2. The second-order valence-electron chi connectivity index (χ2n) is 7.15. The molecule has 2 aliphatic rings. The minimum absolute atomic E-state index is 0.0167. The van der Waals surface area contributed by atoms with E-state index >= 15 is 0 Å². The Balaban J connectivity index is 1.63. The lowest BCUT2D eigenvalue weighted by atomic mass is 9.77. The fraction of sp³-hybridized carbons (Fsp3) is 0.238. The number of thiazole rings is 1. The standard InChI is InChI=1S/C21H16F3N3OS/c22-21(23,24)20(28)16-11-10-13-6-4-5-9-15(13)18(16)26-27(20)19-25-17(12-29-19)14-7-2-1-3-8-14/h1-9,12,16,28H,10-11H2/t16-,20+/m0/s1. The predicted octanol–water partition coefficient (Wildman–Crippen LogP) is 4.85. The molecule has 0 unspecified atom stereocenters. The van der Waals surface area contributed by atoms with Crippen molar-refractivity contribution in [2.24, 2.45) is 11.0 Å². The molecular formula is C21H16F3N3OS. The van der Waals surface area contributed by atoms with Gasteiger partial charge in [0.2, 0.25) is 5.13 Å². The highest BCUT2D eigenvalue weighted by molar-refractivity contribution is 7.14. The summed E-state index contributed by atoms with van der Waals surface area (Å²) >= 11 is 1.03. The average Bonchev–Trinajstić information content (AvgIpc) is 3.32. The van der Waals surface area contributed by atoms with E-state index in [1.165, 1.54) is 0 Å². The number of anilines is 1. The molecule has 0 amide bonds. The molecule has 0 radical (unpaired) electrons. The second-order valence-corrected chi connectivity index (χ2v) is 7.99. The number of aryl methyl sites for hydroxylation is 1. The molecule has 8 heteroatoms. The van der Waals surface area contributed by atoms with Crippen LogP contribution < -0.4 is 5.01 Å². The molecule has 0 saturated heterocycles. The van der Waals surface area contributed by atoms with E-state index in [1.807, 2.05) is 42.5 Å². The summed E-state index contributed by atoms with van der Waals surface area (Å²) in [6, 6.07) is 16.5. The third kappa shape index (κ3) is 2.70. The van der Waals surface area contributed by atoms with Crippen LogP contribution in [0.4, 0.5) is 18.3 Å². The number of rotatable bonds is 2. The fourth-order valence-corrected chi connectivity index (χ4v) is 4.91. The Bertz CT molecular complexity index is 1100. The highest BCUT2D eigenvalue weighted by Gasteiger charge is 2.68. The minimum Gasteiger partial charge on any atom is -0.362 e. The van der Waals surface area contributed by atoms with Crippen molar-refractivity contribution < 1.29 is 18.3 Å². The molecule has 29 heavy (non-hydrogen) atoms. The Kier molecular flexibility index (Phi) is 4.04. The summed E-state index contributed by atoms with van der Waals surface area (Å²) in [6.07, 6.45) is -4.27. The van der Waals surface area contributed by atoms with Gasteiger partial charge in [0.1, 0.15) is 0 Å². The molecular weight excluding hydrogens is 399 g/mol. The van der Waals surface area contributed by atoms with Crippen LogP contribution in [0.2, 0.25) is 0 Å². The van der Waals surface area contributed by atoms with Crippen LogP contribution >= 0.6 is 11.3 Å². The summed E-state index contributed by atoms with van der Waals surface area (Å²) in [6.45, 7) is 0. The van der Waals surface area contributed by atoms with E-state index in [2.05, 4.69) is 10.1 Å². The first-order chi connectivity index (χ1) is 13.9. The maximum atomic E-state index is 14.2. The summed E-state index contributed by atoms with van der Waals surface area (Å²) in [5, 5.41) is 17.6. The van der Waals surface area contributed by atoms with Crippen molar-refractivity contribution in [1.29, 1.82) is 0 Å². The van der Waals surface area contributed by atoms with Gasteiger partial charge in [-0.2, -0.15) is 23.3 Å². The zero-order valence-corrected chi connectivity index (χ0v) is 15.9. The van der Waals surface area contributed by atoms with E-state index < -0.39 is 17.8 Å². The maximum Gasteiger partial charge on any atom is 0.439 e. The van der Waals surface area contributed by atoms with Crippen LogP contribution in [0.3, 0.4) is 0 Å². The largest absolute Gasteiger partial charge is 0.439 e. The summed E-state index contributed by atoms with van der Waals surface area (Å²) in [4.78, 5) is 4.36. The van der Waals surface area contributed by atoms with E-state index in [9.17, 15) is 18.3 Å². The van der Waals surface area contributed by atoms with E-state index in [1.54, 1.807) is 17.5 Å². The molecule has 5 rings (SSSR count). The monoisotopic (exact) mass is 415 g/mol. The average molecular weight is 415 g/mol. The van der Waals surface area contributed by atoms with Crippen LogP contribution in [0.15, 0.2) is 65.1 Å². The number of fused-ring (bicyclic) bond motifs is 3. The van der Waals surface area contributed by atoms with Crippen LogP contribution in [0.25, 0.3) is 11.3 Å². The lowest BCUT2D eigenvalue weighted by Gasteiger charge is -2.38. The lowest BCUT2D eigenvalue weighted by Crippen LogP contribution is -2.60. The van der Waals surface area contributed by atoms with E-state index in [0.29, 0.717) is 22.7 Å². The van der Waals surface area contributed by atoms with Gasteiger partial charge < -0.3 is 5.11 Å². The molecule has 3 aromatic rings. The van der Waals surface area contributed by atoms with Gasteiger partial charge in [-0.05, 0) is 18.4 Å². The van der Waals surface area contributed by atoms with Crippen molar-refractivity contribution in [3.63, 3.8) is 0 Å². The highest BCUT2D eigenvalue weighted by Crippen LogP contribution is 2.50. The number of aromatic nitrogens is 1. The Morgan fingerprint density at radius 3 is 2.55 bits per heavy atom. The second kappa shape index (κ2) is 6.40. The molecule has 148 valence electrons. The topological polar surface area (TPSA) is 48.7 Å². The number of hydrazone groups is 1. The van der Waals surface area contributed by atoms with Crippen molar-refractivity contribution in [2.45, 2.75) is 24.7 Å². The van der Waals surface area contributed by atoms with Gasteiger partial charge in [0.05, 0.1) is 17.3 Å². The van der Waals surface area contributed by atoms with Crippen molar-refractivity contribution in [3.05, 3.63) is 71.1 Å². The first-order valence-corrected chi connectivity index (χ1v) is 10.0. The summed E-state index contributed by atoms with van der Waals surface area (Å²) in [5.41, 5.74) is 0.0856. The third-order valence-corrected chi connectivity index (χ3v) is 6.32. The van der Waals surface area contributed by atoms with Gasteiger partial charge in [-0.25, -0.2) is 4.98 Å². The Labute approximate surface area is 168 Å². The number of aliphatic hydroxyl groups is 1. The van der Waals surface area contributed by atoms with E-state index in [-0.39, 0.29) is 17.3 Å². The van der Waals surface area contributed by atoms with Gasteiger partial charge in [0.25, 0.3) is 5.72 Å². The highest BCUT2D eigenvalue weighted by atomic mass is 32.1. The molecule has 0 saturated carbocycles. The number of hydrogen-bond acceptors (Lipinski definition) is 5. The Hall–Kier alpha value is -2.71. The Morgan fingerprint density at radius 2 is 1.79 bits per heavy atom. The van der Waals surface area contributed by atoms with Crippen LogP contribution in [0, 0.1) is 5.92 Å². The van der Waals surface area contributed by atoms with Crippen LogP contribution in [-0.2, 0) is 6.42 Å². The van der Waals surface area contributed by atoms with Gasteiger partial charge in [0.15, 0.2) is 0 Å². The summed E-state index contributed by atoms with van der Waals surface area (Å²) in [7, 11) is 0. The van der Waals surface area contributed by atoms with Crippen LogP contribution in [-0.4, -0.2) is 27.7 Å². The molecule has 1 aliphatic carbocycles. The van der Waals surface area contributed by atoms with E-state index in [0.717, 1.165) is 22.5 Å². The first-order valence-electron chi connectivity index (χ1n) is 9.16. The molecule has 0 fully saturated rings. The number of halogens is 3. The molecule has 0 bridgehead atoms. The zero-order valence-electron chi connectivity index (χ0n) is 15.1. The van der Waals surface area contributed by atoms with Crippen molar-refractivity contribution in [1.82, 2.24) is 4.98 Å². The first kappa shape index (κ1) is 18.3. The smallest absolute Gasteiger partial charge is 0.362 e. The lowest BCUT2D eigenvalue weighted by molar-refractivity contribution is -0.268. The van der Waals surface area contributed by atoms with Gasteiger partial charge in [-0.3, -0.25) is 0 Å². The summed E-state index contributed by atoms with van der Waals surface area (Å²) in [5.74, 6) is -1.17. The minimum atomic E-state index is -4.90. The van der Waals surface area contributed by atoms with Crippen molar-refractivity contribution >= 4 is 22.2 Å². The molecule has 1 aromatic heterocycles. The molecule has 0 spiro atoms. The molecule has 1 N–H and O–H groups in total. The molecule has 1 aliphatic heterocycles. The normalized spacial score (nSPS) is 23.5. The van der Waals surface area contributed by atoms with Gasteiger partial charge in [-0.15, -0.1) is 11.3 Å². The molecule has 2 aromatic carbocycles. The number of hydrogen-bond donors (Lipinski definition) is 1. The quantitative estimate of drug-likeness (QED) is 0.651. The number of alkyl halides is 3. The Morgan fingerprint density at radius 1 is 1.07 bits per heavy atom. The maximum absolute atomic E-state index is 14.2. The van der Waals surface area contributed by atoms with Gasteiger partial charge >= 0.3 is 6.18 Å². The van der Waals surface area contributed by atoms with Crippen molar-refractivity contribution in [3.8, 4) is 11.3 Å². The molecule has 2 atom stereocenters. The van der Waals surface area contributed by atoms with Crippen molar-refractivity contribution in [2.75, 3.05) is 5.01 Å². The summed E-state index contributed by atoms with van der Waals surface area (Å²) < 4.78 is 42.5. The SMILES string of the molecule is O[C@@]1(C(F)(F)F)[C@H]2CCc3ccccc3C2=NN1c1nc(-c2ccccc2)cs1. The number of benzene rings is 2. The van der Waals surface area contributed by atoms with Gasteiger partial charge in [0, 0.05) is 16.5 Å². The fourth-order valence-electron chi connectivity index (χ4n) is 4.07. The van der Waals surface area contributed by atoms with E-state index in [4.69, 9.17) is 0 Å². The molecule has 4 nitrogen and oxygen atoms in total. The third-order valence-electron chi connectivity index (χ3n) is 5.50. The number of nitrogens with zero attached hydrogens (tertiary/aromatic N) is 3.